The second-order valence-corrected chi connectivity index (χ2v) is 4.17. The third-order valence-electron chi connectivity index (χ3n) is 2.60. The molecule has 0 unspecified atom stereocenters. The van der Waals surface area contributed by atoms with Gasteiger partial charge < -0.3 is 10.4 Å². The summed E-state index contributed by atoms with van der Waals surface area (Å²) in [6.07, 6.45) is 3.38. The number of nitrogens with one attached hydrogen (secondary N) is 1. The smallest absolute Gasteiger partial charge is 0.258 e. The molecule has 4 nitrogen and oxygen atoms in total. The standard InChI is InChI=1S/C16H13FN2O2/c17-15-10-12(4-1-2-9-20)6-7-14(15)16(21)19-13-5-3-8-18-11-13/h3,5-8,10-11,20H,2,9H2,(H,19,21). The number of aliphatic hydroxyl groups is 1. The van der Waals surface area contributed by atoms with Gasteiger partial charge in [-0.05, 0) is 30.3 Å². The largest absolute Gasteiger partial charge is 0.395 e. The normalized spacial score (nSPS) is 9.62. The van der Waals surface area contributed by atoms with Crippen LogP contribution in [-0.2, 0) is 0 Å². The van der Waals surface area contributed by atoms with Gasteiger partial charge in [-0.25, -0.2) is 4.39 Å². The molecule has 0 aliphatic carbocycles. The third kappa shape index (κ3) is 4.13. The molecule has 0 saturated carbocycles. The van der Waals surface area contributed by atoms with Gasteiger partial charge in [-0.15, -0.1) is 0 Å². The number of amides is 1. The number of hydrogen-bond acceptors (Lipinski definition) is 3. The first kappa shape index (κ1) is 14.7. The fourth-order valence-electron chi connectivity index (χ4n) is 1.63. The number of nitrogens with zero attached hydrogens (tertiary/aromatic N) is 1. The number of anilines is 1. The van der Waals surface area contributed by atoms with Gasteiger partial charge in [-0.2, -0.15) is 0 Å². The third-order valence-corrected chi connectivity index (χ3v) is 2.60. The van der Waals surface area contributed by atoms with Crippen molar-refractivity contribution in [2.75, 3.05) is 11.9 Å². The maximum absolute atomic E-state index is 13.9. The van der Waals surface area contributed by atoms with Crippen LogP contribution < -0.4 is 5.32 Å². The Bertz CT molecular complexity index is 690. The van der Waals surface area contributed by atoms with Crippen molar-refractivity contribution >= 4 is 11.6 Å². The Balaban J connectivity index is 2.14. The number of halogens is 1. The predicted octanol–water partition coefficient (Wildman–Crippen LogP) is 2.21. The lowest BCUT2D eigenvalue weighted by molar-refractivity contribution is 0.102. The van der Waals surface area contributed by atoms with E-state index < -0.39 is 11.7 Å². The lowest BCUT2D eigenvalue weighted by atomic mass is 10.1. The van der Waals surface area contributed by atoms with Crippen molar-refractivity contribution in [1.82, 2.24) is 4.98 Å². The Morgan fingerprint density at radius 2 is 2.24 bits per heavy atom. The van der Waals surface area contributed by atoms with Crippen LogP contribution >= 0.6 is 0 Å². The van der Waals surface area contributed by atoms with E-state index in [4.69, 9.17) is 5.11 Å². The van der Waals surface area contributed by atoms with Gasteiger partial charge in [0.1, 0.15) is 5.82 Å². The number of aromatic nitrogens is 1. The van der Waals surface area contributed by atoms with E-state index in [2.05, 4.69) is 22.1 Å². The molecule has 1 aromatic heterocycles. The van der Waals surface area contributed by atoms with Crippen molar-refractivity contribution in [2.45, 2.75) is 6.42 Å². The first-order chi connectivity index (χ1) is 10.2. The Morgan fingerprint density at radius 3 is 2.90 bits per heavy atom. The summed E-state index contributed by atoms with van der Waals surface area (Å²) < 4.78 is 13.9. The van der Waals surface area contributed by atoms with E-state index in [1.807, 2.05) is 0 Å². The van der Waals surface area contributed by atoms with E-state index in [1.54, 1.807) is 24.4 Å². The van der Waals surface area contributed by atoms with Gasteiger partial charge in [0, 0.05) is 18.2 Å². The Labute approximate surface area is 121 Å². The number of rotatable bonds is 3. The van der Waals surface area contributed by atoms with Crippen molar-refractivity contribution in [2.24, 2.45) is 0 Å². The zero-order valence-corrected chi connectivity index (χ0v) is 11.1. The number of aliphatic hydroxyl groups excluding tert-OH is 1. The van der Waals surface area contributed by atoms with Gasteiger partial charge >= 0.3 is 0 Å². The minimum absolute atomic E-state index is 0.0406. The van der Waals surface area contributed by atoms with Gasteiger partial charge in [0.2, 0.25) is 0 Å². The van der Waals surface area contributed by atoms with E-state index >= 15 is 0 Å². The van der Waals surface area contributed by atoms with E-state index in [1.165, 1.54) is 18.3 Å². The van der Waals surface area contributed by atoms with Crippen LogP contribution in [0.15, 0.2) is 42.7 Å². The molecule has 0 aliphatic heterocycles. The van der Waals surface area contributed by atoms with Crippen LogP contribution in [0.1, 0.15) is 22.3 Å². The lowest BCUT2D eigenvalue weighted by Crippen LogP contribution is -2.13. The summed E-state index contributed by atoms with van der Waals surface area (Å²) in [5, 5.41) is 11.2. The highest BCUT2D eigenvalue weighted by molar-refractivity contribution is 6.04. The number of hydrogen-bond donors (Lipinski definition) is 2. The molecule has 2 N–H and O–H groups in total. The Kier molecular flexibility index (Phi) is 5.02. The quantitative estimate of drug-likeness (QED) is 0.849. The van der Waals surface area contributed by atoms with Gasteiger partial charge in [-0.3, -0.25) is 9.78 Å². The SMILES string of the molecule is O=C(Nc1cccnc1)c1ccc(C#CCCO)cc1F. The highest BCUT2D eigenvalue weighted by Gasteiger charge is 2.12. The molecule has 0 aliphatic rings. The van der Waals surface area contributed by atoms with Crippen LogP contribution in [0.25, 0.3) is 0 Å². The van der Waals surface area contributed by atoms with E-state index in [0.29, 0.717) is 17.7 Å². The molecule has 0 fully saturated rings. The second kappa shape index (κ2) is 7.17. The average molecular weight is 284 g/mol. The zero-order chi connectivity index (χ0) is 15.1. The van der Waals surface area contributed by atoms with Crippen LogP contribution in [0.2, 0.25) is 0 Å². The molecule has 0 radical (unpaired) electrons. The maximum Gasteiger partial charge on any atom is 0.258 e. The van der Waals surface area contributed by atoms with E-state index in [-0.39, 0.29) is 12.2 Å². The number of carbonyl (C=O) groups excluding carboxylic acids is 1. The van der Waals surface area contributed by atoms with Crippen molar-refractivity contribution in [3.05, 3.63) is 59.7 Å². The van der Waals surface area contributed by atoms with Crippen LogP contribution in [0.5, 0.6) is 0 Å². The first-order valence-electron chi connectivity index (χ1n) is 6.31. The minimum Gasteiger partial charge on any atom is -0.395 e. The summed E-state index contributed by atoms with van der Waals surface area (Å²) in [6.45, 7) is -0.0406. The van der Waals surface area contributed by atoms with Gasteiger partial charge in [0.05, 0.1) is 24.1 Å². The Hall–Kier alpha value is -2.71. The van der Waals surface area contributed by atoms with Crippen molar-refractivity contribution in [1.29, 1.82) is 0 Å². The average Bonchev–Trinajstić information content (AvgIpc) is 2.48. The number of carbonyl (C=O) groups is 1. The lowest BCUT2D eigenvalue weighted by Gasteiger charge is -2.05. The minimum atomic E-state index is -0.646. The van der Waals surface area contributed by atoms with Crippen LogP contribution in [0.3, 0.4) is 0 Å². The van der Waals surface area contributed by atoms with Gasteiger partial charge in [0.15, 0.2) is 0 Å². The fraction of sp³-hybridized carbons (Fsp3) is 0.125. The molecular formula is C16H13FN2O2. The van der Waals surface area contributed by atoms with Crippen LogP contribution in [0.4, 0.5) is 10.1 Å². The Morgan fingerprint density at radius 1 is 1.38 bits per heavy atom. The van der Waals surface area contributed by atoms with Gasteiger partial charge in [0.25, 0.3) is 5.91 Å². The highest BCUT2D eigenvalue weighted by Crippen LogP contribution is 2.13. The molecule has 21 heavy (non-hydrogen) atoms. The number of pyridine rings is 1. The summed E-state index contributed by atoms with van der Waals surface area (Å²) in [7, 11) is 0. The maximum atomic E-state index is 13.9. The van der Waals surface area contributed by atoms with Crippen LogP contribution in [0, 0.1) is 17.7 Å². The molecule has 1 aromatic carbocycles. The topological polar surface area (TPSA) is 62.2 Å². The molecule has 1 heterocycles. The molecule has 2 aromatic rings. The second-order valence-electron chi connectivity index (χ2n) is 4.17. The number of benzene rings is 1. The molecule has 5 heteroatoms. The van der Waals surface area contributed by atoms with Gasteiger partial charge in [-0.1, -0.05) is 11.8 Å². The molecule has 0 bridgehead atoms. The molecule has 0 spiro atoms. The van der Waals surface area contributed by atoms with Crippen molar-refractivity contribution in [3.8, 4) is 11.8 Å². The van der Waals surface area contributed by atoms with Crippen molar-refractivity contribution < 1.29 is 14.3 Å². The summed E-state index contributed by atoms with van der Waals surface area (Å²) in [5.74, 6) is 4.21. The molecule has 0 saturated heterocycles. The van der Waals surface area contributed by atoms with Crippen LogP contribution in [-0.4, -0.2) is 22.6 Å². The molecule has 2 rings (SSSR count). The summed E-state index contributed by atoms with van der Waals surface area (Å²) in [5.41, 5.74) is 0.888. The molecule has 1 amide bonds. The summed E-state index contributed by atoms with van der Waals surface area (Å²) in [6, 6.07) is 7.47. The van der Waals surface area contributed by atoms with Crippen molar-refractivity contribution in [3.63, 3.8) is 0 Å². The highest BCUT2D eigenvalue weighted by atomic mass is 19.1. The fourth-order valence-corrected chi connectivity index (χ4v) is 1.63. The van der Waals surface area contributed by atoms with E-state index in [9.17, 15) is 9.18 Å². The predicted molar refractivity (Wildman–Crippen MR) is 77.2 cm³/mol. The zero-order valence-electron chi connectivity index (χ0n) is 11.1. The molecular weight excluding hydrogens is 271 g/mol. The molecule has 106 valence electrons. The molecule has 0 atom stereocenters. The summed E-state index contributed by atoms with van der Waals surface area (Å²) >= 11 is 0. The monoisotopic (exact) mass is 284 g/mol. The first-order valence-corrected chi connectivity index (χ1v) is 6.31. The van der Waals surface area contributed by atoms with E-state index in [0.717, 1.165) is 0 Å². The summed E-state index contributed by atoms with van der Waals surface area (Å²) in [4.78, 5) is 15.8.